The van der Waals surface area contributed by atoms with E-state index in [1.54, 1.807) is 11.3 Å². The first-order valence-electron chi connectivity index (χ1n) is 5.50. The van der Waals surface area contributed by atoms with Gasteiger partial charge in [-0.1, -0.05) is 0 Å². The fourth-order valence-electron chi connectivity index (χ4n) is 1.38. The van der Waals surface area contributed by atoms with E-state index in [1.165, 1.54) is 11.2 Å². The molecule has 2 heterocycles. The molecule has 0 aliphatic carbocycles. The average Bonchev–Trinajstić information content (AvgIpc) is 2.80. The Kier molecular flexibility index (Phi) is 4.91. The molecule has 0 aliphatic heterocycles. The van der Waals surface area contributed by atoms with Crippen LogP contribution in [0, 0.1) is 0 Å². The van der Waals surface area contributed by atoms with E-state index in [0.717, 1.165) is 22.7 Å². The number of thiophene rings is 1. The summed E-state index contributed by atoms with van der Waals surface area (Å²) in [6.45, 7) is 2.04. The van der Waals surface area contributed by atoms with Crippen LogP contribution in [0.25, 0.3) is 0 Å². The number of nitrogens with one attached hydrogen (secondary N) is 2. The van der Waals surface area contributed by atoms with Gasteiger partial charge in [-0.15, -0.1) is 11.3 Å². The molecule has 18 heavy (non-hydrogen) atoms. The summed E-state index contributed by atoms with van der Waals surface area (Å²) < 4.78 is 1.11. The molecular weight excluding hydrogens is 314 g/mol. The van der Waals surface area contributed by atoms with Crippen molar-refractivity contribution in [3.8, 4) is 0 Å². The van der Waals surface area contributed by atoms with E-state index in [9.17, 15) is 0 Å². The van der Waals surface area contributed by atoms with Crippen LogP contribution >= 0.6 is 27.3 Å². The Bertz CT molecular complexity index is 502. The summed E-state index contributed by atoms with van der Waals surface area (Å²) in [4.78, 5) is 9.53. The molecule has 2 aromatic rings. The fourth-order valence-corrected chi connectivity index (χ4v) is 2.77. The SMILES string of the molecule is NCCNc1cc(NCc2cc(Br)cs2)ncn1. The maximum Gasteiger partial charge on any atom is 0.131 e. The Morgan fingerprint density at radius 2 is 2.00 bits per heavy atom. The minimum absolute atomic E-state index is 0.579. The summed E-state index contributed by atoms with van der Waals surface area (Å²) >= 11 is 5.14. The van der Waals surface area contributed by atoms with E-state index in [4.69, 9.17) is 5.73 Å². The van der Waals surface area contributed by atoms with Crippen molar-refractivity contribution in [1.82, 2.24) is 9.97 Å². The number of nitrogens with two attached hydrogens (primary N) is 1. The average molecular weight is 328 g/mol. The van der Waals surface area contributed by atoms with Gasteiger partial charge in [0.2, 0.25) is 0 Å². The molecule has 0 unspecified atom stereocenters. The fraction of sp³-hybridized carbons (Fsp3) is 0.273. The molecule has 0 fully saturated rings. The number of nitrogens with zero attached hydrogens (tertiary/aromatic N) is 2. The van der Waals surface area contributed by atoms with Gasteiger partial charge in [-0.25, -0.2) is 9.97 Å². The van der Waals surface area contributed by atoms with Crippen LogP contribution < -0.4 is 16.4 Å². The van der Waals surface area contributed by atoms with E-state index in [0.29, 0.717) is 13.1 Å². The van der Waals surface area contributed by atoms with Crippen molar-refractivity contribution in [2.75, 3.05) is 23.7 Å². The van der Waals surface area contributed by atoms with Crippen LogP contribution in [0.2, 0.25) is 0 Å². The lowest BCUT2D eigenvalue weighted by atomic mass is 10.4. The Morgan fingerprint density at radius 3 is 2.67 bits per heavy atom. The van der Waals surface area contributed by atoms with Gasteiger partial charge in [-0.3, -0.25) is 0 Å². The Balaban J connectivity index is 1.92. The van der Waals surface area contributed by atoms with E-state index in [1.807, 2.05) is 6.07 Å². The minimum Gasteiger partial charge on any atom is -0.369 e. The number of hydrogen-bond acceptors (Lipinski definition) is 6. The van der Waals surface area contributed by atoms with Gasteiger partial charge >= 0.3 is 0 Å². The quantitative estimate of drug-likeness (QED) is 0.758. The molecule has 0 bridgehead atoms. The van der Waals surface area contributed by atoms with Crippen LogP contribution in [0.4, 0.5) is 11.6 Å². The third kappa shape index (κ3) is 3.94. The van der Waals surface area contributed by atoms with Crippen LogP contribution in [-0.2, 0) is 6.54 Å². The van der Waals surface area contributed by atoms with Crippen molar-refractivity contribution in [2.24, 2.45) is 5.73 Å². The molecular formula is C11H14BrN5S. The molecule has 96 valence electrons. The second-order valence-electron chi connectivity index (χ2n) is 3.59. The maximum absolute atomic E-state index is 5.43. The number of hydrogen-bond donors (Lipinski definition) is 3. The highest BCUT2D eigenvalue weighted by Crippen LogP contribution is 2.20. The highest BCUT2D eigenvalue weighted by atomic mass is 79.9. The summed E-state index contributed by atoms with van der Waals surface area (Å²) in [7, 11) is 0. The van der Waals surface area contributed by atoms with Crippen LogP contribution in [0.5, 0.6) is 0 Å². The minimum atomic E-state index is 0.579. The van der Waals surface area contributed by atoms with Gasteiger partial charge in [0.25, 0.3) is 0 Å². The number of halogens is 1. The van der Waals surface area contributed by atoms with Gasteiger partial charge in [-0.05, 0) is 22.0 Å². The highest BCUT2D eigenvalue weighted by Gasteiger charge is 2.00. The topological polar surface area (TPSA) is 75.9 Å². The Hall–Kier alpha value is -1.18. The van der Waals surface area contributed by atoms with Crippen molar-refractivity contribution < 1.29 is 0 Å². The van der Waals surface area contributed by atoms with Crippen LogP contribution in [0.1, 0.15) is 4.88 Å². The van der Waals surface area contributed by atoms with Crippen molar-refractivity contribution in [3.05, 3.63) is 33.2 Å². The molecule has 0 saturated carbocycles. The molecule has 2 aromatic heterocycles. The van der Waals surface area contributed by atoms with Crippen molar-refractivity contribution in [2.45, 2.75) is 6.54 Å². The Morgan fingerprint density at radius 1 is 1.22 bits per heavy atom. The predicted molar refractivity (Wildman–Crippen MR) is 78.9 cm³/mol. The summed E-state index contributed by atoms with van der Waals surface area (Å²) in [6.07, 6.45) is 1.53. The van der Waals surface area contributed by atoms with Gasteiger partial charge in [0.15, 0.2) is 0 Å². The summed E-state index contributed by atoms with van der Waals surface area (Å²) in [5.74, 6) is 1.58. The van der Waals surface area contributed by atoms with Crippen molar-refractivity contribution >= 4 is 38.9 Å². The lowest BCUT2D eigenvalue weighted by Gasteiger charge is -2.07. The highest BCUT2D eigenvalue weighted by molar-refractivity contribution is 9.10. The molecule has 0 spiro atoms. The summed E-state index contributed by atoms with van der Waals surface area (Å²) in [5, 5.41) is 8.44. The normalized spacial score (nSPS) is 10.3. The molecule has 0 atom stereocenters. The number of rotatable bonds is 6. The molecule has 2 rings (SSSR count). The number of aromatic nitrogens is 2. The first-order chi connectivity index (χ1) is 8.78. The van der Waals surface area contributed by atoms with Crippen molar-refractivity contribution in [1.29, 1.82) is 0 Å². The van der Waals surface area contributed by atoms with Crippen LogP contribution in [-0.4, -0.2) is 23.1 Å². The van der Waals surface area contributed by atoms with Crippen molar-refractivity contribution in [3.63, 3.8) is 0 Å². The largest absolute Gasteiger partial charge is 0.369 e. The second kappa shape index (κ2) is 6.67. The third-order valence-electron chi connectivity index (χ3n) is 2.18. The standard InChI is InChI=1S/C11H14BrN5S/c12-8-3-9(18-6-8)5-15-11-4-10(14-2-1-13)16-7-17-11/h3-4,6-7H,1-2,5,13H2,(H2,14,15,16,17). The van der Waals surface area contributed by atoms with Gasteiger partial charge in [0.05, 0.1) is 6.54 Å². The van der Waals surface area contributed by atoms with Gasteiger partial charge in [0, 0.05) is 33.9 Å². The second-order valence-corrected chi connectivity index (χ2v) is 5.50. The monoisotopic (exact) mass is 327 g/mol. The van der Waals surface area contributed by atoms with Gasteiger partial charge < -0.3 is 16.4 Å². The van der Waals surface area contributed by atoms with Gasteiger partial charge in [0.1, 0.15) is 18.0 Å². The third-order valence-corrected chi connectivity index (χ3v) is 3.88. The molecule has 0 amide bonds. The summed E-state index contributed by atoms with van der Waals surface area (Å²) in [5.41, 5.74) is 5.43. The first kappa shape index (κ1) is 13.3. The van der Waals surface area contributed by atoms with Crippen LogP contribution in [0.3, 0.4) is 0 Å². The molecule has 0 aliphatic rings. The lowest BCUT2D eigenvalue weighted by molar-refractivity contribution is 1.00. The molecule has 0 saturated heterocycles. The van der Waals surface area contributed by atoms with Crippen LogP contribution in [0.15, 0.2) is 28.3 Å². The molecule has 0 aromatic carbocycles. The zero-order valence-corrected chi connectivity index (χ0v) is 12.1. The number of anilines is 2. The van der Waals surface area contributed by atoms with E-state index < -0.39 is 0 Å². The molecule has 7 heteroatoms. The first-order valence-corrected chi connectivity index (χ1v) is 7.18. The lowest BCUT2D eigenvalue weighted by Crippen LogP contribution is -2.14. The zero-order valence-electron chi connectivity index (χ0n) is 9.69. The zero-order chi connectivity index (χ0) is 12.8. The maximum atomic E-state index is 5.43. The summed E-state index contributed by atoms with van der Waals surface area (Å²) in [6, 6.07) is 3.96. The van der Waals surface area contributed by atoms with Gasteiger partial charge in [-0.2, -0.15) is 0 Å². The van der Waals surface area contributed by atoms with E-state index >= 15 is 0 Å². The molecule has 5 nitrogen and oxygen atoms in total. The Labute approximate surface area is 118 Å². The molecule has 4 N–H and O–H groups in total. The predicted octanol–water partition coefficient (Wildman–Crippen LogP) is 2.28. The van der Waals surface area contributed by atoms with E-state index in [2.05, 4.69) is 48.0 Å². The molecule has 0 radical (unpaired) electrons. The van der Waals surface area contributed by atoms with E-state index in [-0.39, 0.29) is 0 Å². The smallest absolute Gasteiger partial charge is 0.131 e.